The molecule has 23 heavy (non-hydrogen) atoms. The zero-order valence-corrected chi connectivity index (χ0v) is 13.5. The largest absolute Gasteiger partial charge is 0.360 e. The van der Waals surface area contributed by atoms with Gasteiger partial charge in [-0.1, -0.05) is 30.3 Å². The maximum absolute atomic E-state index is 12.3. The van der Waals surface area contributed by atoms with Crippen molar-refractivity contribution in [3.63, 3.8) is 0 Å². The van der Waals surface area contributed by atoms with E-state index < -0.39 is 5.91 Å². The van der Waals surface area contributed by atoms with Gasteiger partial charge >= 0.3 is 0 Å². The molecule has 4 nitrogen and oxygen atoms in total. The van der Waals surface area contributed by atoms with Crippen LogP contribution in [0.4, 0.5) is 11.4 Å². The molecule has 0 atom stereocenters. The summed E-state index contributed by atoms with van der Waals surface area (Å²) in [7, 11) is 0. The molecule has 2 N–H and O–H groups in total. The molecular formula is C19H19N3O. The highest BCUT2D eigenvalue weighted by Gasteiger charge is 2.11. The van der Waals surface area contributed by atoms with Crippen molar-refractivity contribution in [2.24, 2.45) is 0 Å². The Morgan fingerprint density at radius 1 is 1.00 bits per heavy atom. The lowest BCUT2D eigenvalue weighted by molar-refractivity contribution is -0.112. The average Bonchev–Trinajstić information content (AvgIpc) is 2.54. The second kappa shape index (κ2) is 7.28. The summed E-state index contributed by atoms with van der Waals surface area (Å²) in [5, 5.41) is 15.0. The minimum absolute atomic E-state index is 0.0224. The number of hydrogen-bond donors (Lipinski definition) is 2. The van der Waals surface area contributed by atoms with Crippen molar-refractivity contribution < 1.29 is 4.79 Å². The standard InChI is InChI=1S/C19H19N3O/c1-13-8-6-10-18(15(13)3)22-19(23)16(11-20)12-21-17-9-5-4-7-14(17)2/h4-10,12,21H,1-3H3,(H,22,23)/b16-12-. The van der Waals surface area contributed by atoms with Gasteiger partial charge in [0, 0.05) is 17.6 Å². The molecule has 0 fully saturated rings. The van der Waals surface area contributed by atoms with Crippen LogP contribution in [0, 0.1) is 32.1 Å². The van der Waals surface area contributed by atoms with Gasteiger partial charge in [-0.05, 0) is 49.6 Å². The third-order valence-corrected chi connectivity index (χ3v) is 3.73. The first-order chi connectivity index (χ1) is 11.0. The Morgan fingerprint density at radius 2 is 1.65 bits per heavy atom. The van der Waals surface area contributed by atoms with Gasteiger partial charge < -0.3 is 10.6 Å². The number of rotatable bonds is 4. The summed E-state index contributed by atoms with van der Waals surface area (Å²) in [5.41, 5.74) is 4.71. The quantitative estimate of drug-likeness (QED) is 0.661. The second-order valence-electron chi connectivity index (χ2n) is 5.33. The number of nitrogens with zero attached hydrogens (tertiary/aromatic N) is 1. The van der Waals surface area contributed by atoms with Crippen molar-refractivity contribution in [3.05, 3.63) is 70.9 Å². The number of nitrogens with one attached hydrogen (secondary N) is 2. The van der Waals surface area contributed by atoms with Crippen molar-refractivity contribution in [2.75, 3.05) is 10.6 Å². The molecule has 0 heterocycles. The van der Waals surface area contributed by atoms with Crippen LogP contribution in [0.3, 0.4) is 0 Å². The van der Waals surface area contributed by atoms with Crippen molar-refractivity contribution in [2.45, 2.75) is 20.8 Å². The van der Waals surface area contributed by atoms with Gasteiger partial charge in [0.25, 0.3) is 5.91 Å². The highest BCUT2D eigenvalue weighted by Crippen LogP contribution is 2.19. The Labute approximate surface area is 136 Å². The fourth-order valence-electron chi connectivity index (χ4n) is 2.11. The first kappa shape index (κ1) is 16.3. The minimum Gasteiger partial charge on any atom is -0.360 e. The highest BCUT2D eigenvalue weighted by atomic mass is 16.1. The lowest BCUT2D eigenvalue weighted by atomic mass is 10.1. The summed E-state index contributed by atoms with van der Waals surface area (Å²) in [6.07, 6.45) is 1.43. The zero-order valence-electron chi connectivity index (χ0n) is 13.5. The fourth-order valence-corrected chi connectivity index (χ4v) is 2.11. The number of hydrogen-bond acceptors (Lipinski definition) is 3. The van der Waals surface area contributed by atoms with Crippen LogP contribution in [0.25, 0.3) is 0 Å². The molecule has 2 rings (SSSR count). The van der Waals surface area contributed by atoms with Crippen LogP contribution in [0.1, 0.15) is 16.7 Å². The number of aryl methyl sites for hydroxylation is 2. The van der Waals surface area contributed by atoms with Crippen molar-refractivity contribution >= 4 is 17.3 Å². The molecule has 0 saturated carbocycles. The van der Waals surface area contributed by atoms with Gasteiger partial charge in [-0.25, -0.2) is 0 Å². The number of nitriles is 1. The van der Waals surface area contributed by atoms with Crippen LogP contribution in [0.5, 0.6) is 0 Å². The SMILES string of the molecule is Cc1ccccc1N/C=C(/C#N)C(=O)Nc1cccc(C)c1C. The summed E-state index contributed by atoms with van der Waals surface area (Å²) in [4.78, 5) is 12.3. The molecule has 0 aliphatic rings. The minimum atomic E-state index is -0.428. The first-order valence-electron chi connectivity index (χ1n) is 7.33. The summed E-state index contributed by atoms with van der Waals surface area (Å²) < 4.78 is 0. The first-order valence-corrected chi connectivity index (χ1v) is 7.33. The second-order valence-corrected chi connectivity index (χ2v) is 5.33. The molecule has 2 aromatic carbocycles. The van der Waals surface area contributed by atoms with Crippen LogP contribution in [0.15, 0.2) is 54.2 Å². The maximum Gasteiger partial charge on any atom is 0.267 e. The fraction of sp³-hybridized carbons (Fsp3) is 0.158. The van der Waals surface area contributed by atoms with E-state index in [4.69, 9.17) is 0 Å². The Hall–Kier alpha value is -3.06. The number of amides is 1. The lowest BCUT2D eigenvalue weighted by Gasteiger charge is -2.10. The highest BCUT2D eigenvalue weighted by molar-refractivity contribution is 6.07. The van der Waals surface area contributed by atoms with E-state index in [1.54, 1.807) is 0 Å². The Morgan fingerprint density at radius 3 is 2.35 bits per heavy atom. The zero-order chi connectivity index (χ0) is 16.8. The molecule has 0 saturated heterocycles. The van der Waals surface area contributed by atoms with Gasteiger partial charge in [0.15, 0.2) is 0 Å². The molecule has 0 unspecified atom stereocenters. The van der Waals surface area contributed by atoms with Gasteiger partial charge in [0.1, 0.15) is 11.6 Å². The lowest BCUT2D eigenvalue weighted by Crippen LogP contribution is -2.15. The summed E-state index contributed by atoms with van der Waals surface area (Å²) >= 11 is 0. The van der Waals surface area contributed by atoms with Gasteiger partial charge in [0.2, 0.25) is 0 Å². The summed E-state index contributed by atoms with van der Waals surface area (Å²) in [6.45, 7) is 5.87. The predicted molar refractivity (Wildman–Crippen MR) is 93.0 cm³/mol. The van der Waals surface area contributed by atoms with E-state index in [0.717, 1.165) is 22.4 Å². The van der Waals surface area contributed by atoms with Crippen LogP contribution in [-0.4, -0.2) is 5.91 Å². The molecule has 116 valence electrons. The molecule has 1 amide bonds. The molecule has 0 spiro atoms. The van der Waals surface area contributed by atoms with E-state index in [1.165, 1.54) is 6.20 Å². The monoisotopic (exact) mass is 305 g/mol. The molecule has 0 aliphatic carbocycles. The van der Waals surface area contributed by atoms with Crippen molar-refractivity contribution in [3.8, 4) is 6.07 Å². The molecule has 0 aromatic heterocycles. The summed E-state index contributed by atoms with van der Waals surface area (Å²) in [5.74, 6) is -0.428. The molecule has 4 heteroatoms. The number of carbonyl (C=O) groups excluding carboxylic acids is 1. The topological polar surface area (TPSA) is 64.9 Å². The van der Waals surface area contributed by atoms with E-state index in [-0.39, 0.29) is 5.57 Å². The third-order valence-electron chi connectivity index (χ3n) is 3.73. The number of carbonyl (C=O) groups is 1. The Balaban J connectivity index is 2.16. The van der Waals surface area contributed by atoms with E-state index in [0.29, 0.717) is 5.69 Å². The average molecular weight is 305 g/mol. The van der Waals surface area contributed by atoms with Gasteiger partial charge in [-0.15, -0.1) is 0 Å². The number of anilines is 2. The predicted octanol–water partition coefficient (Wildman–Crippen LogP) is 4.07. The van der Waals surface area contributed by atoms with Crippen LogP contribution in [-0.2, 0) is 4.79 Å². The van der Waals surface area contributed by atoms with E-state index in [2.05, 4.69) is 10.6 Å². The van der Waals surface area contributed by atoms with Crippen LogP contribution >= 0.6 is 0 Å². The Bertz CT molecular complexity index is 801. The molecular weight excluding hydrogens is 286 g/mol. The molecule has 0 bridgehead atoms. The molecule has 0 radical (unpaired) electrons. The number of para-hydroxylation sites is 1. The third kappa shape index (κ3) is 3.98. The normalized spacial score (nSPS) is 10.8. The number of benzene rings is 2. The maximum atomic E-state index is 12.3. The van der Waals surface area contributed by atoms with Gasteiger partial charge in [0.05, 0.1) is 0 Å². The van der Waals surface area contributed by atoms with Gasteiger partial charge in [-0.2, -0.15) is 5.26 Å². The van der Waals surface area contributed by atoms with Crippen LogP contribution < -0.4 is 10.6 Å². The van der Waals surface area contributed by atoms with Crippen molar-refractivity contribution in [1.29, 1.82) is 5.26 Å². The smallest absolute Gasteiger partial charge is 0.267 e. The van der Waals surface area contributed by atoms with Crippen molar-refractivity contribution in [1.82, 2.24) is 0 Å². The van der Waals surface area contributed by atoms with E-state index in [9.17, 15) is 10.1 Å². The van der Waals surface area contributed by atoms with E-state index >= 15 is 0 Å². The Kier molecular flexibility index (Phi) is 5.16. The molecule has 2 aromatic rings. The van der Waals surface area contributed by atoms with Gasteiger partial charge in [-0.3, -0.25) is 4.79 Å². The van der Waals surface area contributed by atoms with Crippen LogP contribution in [0.2, 0.25) is 0 Å². The molecule has 0 aliphatic heterocycles. The summed E-state index contributed by atoms with van der Waals surface area (Å²) in [6, 6.07) is 15.3. The van der Waals surface area contributed by atoms with E-state index in [1.807, 2.05) is 69.3 Å².